The van der Waals surface area contributed by atoms with E-state index in [9.17, 15) is 9.59 Å². The predicted molar refractivity (Wildman–Crippen MR) is 97.8 cm³/mol. The van der Waals surface area contributed by atoms with Crippen LogP contribution in [0, 0.1) is 0 Å². The summed E-state index contributed by atoms with van der Waals surface area (Å²) in [7, 11) is 0. The van der Waals surface area contributed by atoms with Crippen LogP contribution in [0.25, 0.3) is 16.9 Å². The van der Waals surface area contributed by atoms with E-state index in [2.05, 4.69) is 20.7 Å². The van der Waals surface area contributed by atoms with Gasteiger partial charge in [-0.05, 0) is 31.2 Å². The monoisotopic (exact) mass is 349 g/mol. The van der Waals surface area contributed by atoms with E-state index in [-0.39, 0.29) is 18.4 Å². The molecule has 0 saturated carbocycles. The van der Waals surface area contributed by atoms with Crippen molar-refractivity contribution in [2.24, 2.45) is 0 Å². The third-order valence-corrected chi connectivity index (χ3v) is 3.70. The van der Waals surface area contributed by atoms with Crippen molar-refractivity contribution in [3.8, 4) is 16.9 Å². The van der Waals surface area contributed by atoms with Crippen molar-refractivity contribution in [1.82, 2.24) is 25.4 Å². The van der Waals surface area contributed by atoms with Gasteiger partial charge in [-0.2, -0.15) is 5.10 Å². The van der Waals surface area contributed by atoms with Gasteiger partial charge in [0.15, 0.2) is 0 Å². The number of pyridine rings is 1. The van der Waals surface area contributed by atoms with Gasteiger partial charge >= 0.3 is 0 Å². The third-order valence-electron chi connectivity index (χ3n) is 3.70. The normalized spacial score (nSPS) is 10.3. The van der Waals surface area contributed by atoms with E-state index in [0.29, 0.717) is 17.8 Å². The van der Waals surface area contributed by atoms with Crippen molar-refractivity contribution in [3.63, 3.8) is 0 Å². The van der Waals surface area contributed by atoms with Crippen LogP contribution in [0.15, 0.2) is 61.1 Å². The molecule has 2 amide bonds. The molecule has 2 heterocycles. The van der Waals surface area contributed by atoms with Gasteiger partial charge in [-0.25, -0.2) is 4.68 Å². The second-order valence-electron chi connectivity index (χ2n) is 5.55. The lowest BCUT2D eigenvalue weighted by molar-refractivity contribution is -0.120. The smallest absolute Gasteiger partial charge is 0.255 e. The van der Waals surface area contributed by atoms with E-state index >= 15 is 0 Å². The van der Waals surface area contributed by atoms with Crippen molar-refractivity contribution in [2.45, 2.75) is 6.92 Å². The molecule has 0 aliphatic carbocycles. The molecule has 7 heteroatoms. The van der Waals surface area contributed by atoms with Gasteiger partial charge in [0.05, 0.1) is 17.8 Å². The van der Waals surface area contributed by atoms with Crippen molar-refractivity contribution < 1.29 is 9.59 Å². The lowest BCUT2D eigenvalue weighted by Gasteiger charge is -2.05. The van der Waals surface area contributed by atoms with Crippen molar-refractivity contribution in [2.75, 3.05) is 13.1 Å². The van der Waals surface area contributed by atoms with Crippen molar-refractivity contribution >= 4 is 11.8 Å². The number of carbonyl (C=O) groups is 2. The molecular weight excluding hydrogens is 330 g/mol. The predicted octanol–water partition coefficient (Wildman–Crippen LogP) is 1.80. The number of benzene rings is 1. The van der Waals surface area contributed by atoms with Crippen LogP contribution >= 0.6 is 0 Å². The fourth-order valence-corrected chi connectivity index (χ4v) is 2.48. The molecule has 0 aliphatic rings. The average molecular weight is 349 g/mol. The lowest BCUT2D eigenvalue weighted by atomic mass is 10.1. The quantitative estimate of drug-likeness (QED) is 0.710. The largest absolute Gasteiger partial charge is 0.355 e. The molecule has 0 fully saturated rings. The average Bonchev–Trinajstić information content (AvgIpc) is 3.13. The van der Waals surface area contributed by atoms with E-state index in [1.807, 2.05) is 43.3 Å². The Morgan fingerprint density at radius 1 is 1.08 bits per heavy atom. The Hall–Kier alpha value is -3.48. The number of rotatable bonds is 6. The molecule has 1 aromatic carbocycles. The summed E-state index contributed by atoms with van der Waals surface area (Å²) in [5.74, 6) is -0.600. The molecule has 3 rings (SSSR count). The molecule has 0 atom stereocenters. The number of aromatic nitrogens is 3. The minimum Gasteiger partial charge on any atom is -0.355 e. The first-order chi connectivity index (χ1) is 12.7. The molecule has 3 aromatic rings. The molecule has 0 saturated heterocycles. The molecule has 2 N–H and O–H groups in total. The molecule has 0 radical (unpaired) electrons. The molecular formula is C19H19N5O2. The van der Waals surface area contributed by atoms with Gasteiger partial charge in [-0.1, -0.05) is 18.2 Å². The Morgan fingerprint density at radius 3 is 2.58 bits per heavy atom. The molecule has 0 spiro atoms. The number of hydrogen-bond acceptors (Lipinski definition) is 4. The zero-order valence-corrected chi connectivity index (χ0v) is 14.3. The first-order valence-electron chi connectivity index (χ1n) is 8.29. The highest BCUT2D eigenvalue weighted by atomic mass is 16.2. The van der Waals surface area contributed by atoms with Crippen LogP contribution in [-0.4, -0.2) is 39.7 Å². The highest BCUT2D eigenvalue weighted by Crippen LogP contribution is 2.23. The van der Waals surface area contributed by atoms with E-state index in [4.69, 9.17) is 0 Å². The van der Waals surface area contributed by atoms with E-state index in [1.165, 1.54) is 0 Å². The van der Waals surface area contributed by atoms with E-state index in [1.54, 1.807) is 29.3 Å². The number of nitrogens with zero attached hydrogens (tertiary/aromatic N) is 3. The number of carbonyl (C=O) groups excluding carboxylic acids is 2. The first-order valence-corrected chi connectivity index (χ1v) is 8.29. The zero-order valence-electron chi connectivity index (χ0n) is 14.3. The summed E-state index contributed by atoms with van der Waals surface area (Å²) in [6.07, 6.45) is 4.97. The van der Waals surface area contributed by atoms with Crippen LogP contribution in [0.5, 0.6) is 0 Å². The van der Waals surface area contributed by atoms with Gasteiger partial charge < -0.3 is 10.6 Å². The van der Waals surface area contributed by atoms with Gasteiger partial charge in [0.2, 0.25) is 5.91 Å². The lowest BCUT2D eigenvalue weighted by Crippen LogP contribution is -2.36. The molecule has 7 nitrogen and oxygen atoms in total. The topological polar surface area (TPSA) is 88.9 Å². The number of hydrogen-bond donors (Lipinski definition) is 2. The third kappa shape index (κ3) is 3.94. The Bertz CT molecular complexity index is 891. The Balaban J connectivity index is 1.93. The van der Waals surface area contributed by atoms with Crippen LogP contribution in [-0.2, 0) is 4.79 Å². The molecule has 0 bridgehead atoms. The number of likely N-dealkylation sites (N-methyl/N-ethyl adjacent to an activating group) is 1. The van der Waals surface area contributed by atoms with Crippen molar-refractivity contribution in [3.05, 3.63) is 66.6 Å². The van der Waals surface area contributed by atoms with Crippen molar-refractivity contribution in [1.29, 1.82) is 0 Å². The fourth-order valence-electron chi connectivity index (χ4n) is 2.48. The Kier molecular flexibility index (Phi) is 5.38. The summed E-state index contributed by atoms with van der Waals surface area (Å²) in [6.45, 7) is 2.25. The number of nitrogens with one attached hydrogen (secondary N) is 2. The van der Waals surface area contributed by atoms with Gasteiger partial charge in [0.25, 0.3) is 5.91 Å². The summed E-state index contributed by atoms with van der Waals surface area (Å²) in [6, 6.07) is 13.1. The molecule has 0 aliphatic heterocycles. The van der Waals surface area contributed by atoms with Crippen LogP contribution in [0.3, 0.4) is 0 Å². The van der Waals surface area contributed by atoms with E-state index in [0.717, 1.165) is 11.3 Å². The standard InChI is InChI=1S/C19H19N5O2/c1-2-21-17(25)12-22-19(26)16-13-24(15-8-4-3-5-9-15)23-18(16)14-7-6-10-20-11-14/h3-11,13H,2,12H2,1H3,(H,21,25)(H,22,26). The van der Waals surface area contributed by atoms with Gasteiger partial charge in [0, 0.05) is 30.7 Å². The molecule has 0 unspecified atom stereocenters. The Labute approximate surface area is 151 Å². The maximum Gasteiger partial charge on any atom is 0.255 e. The number of amides is 2. The summed E-state index contributed by atoms with van der Waals surface area (Å²) in [5, 5.41) is 9.83. The molecule has 26 heavy (non-hydrogen) atoms. The summed E-state index contributed by atoms with van der Waals surface area (Å²) in [5.41, 5.74) is 2.45. The molecule has 132 valence electrons. The van der Waals surface area contributed by atoms with Gasteiger partial charge in [-0.3, -0.25) is 14.6 Å². The second kappa shape index (κ2) is 8.06. The maximum absolute atomic E-state index is 12.6. The maximum atomic E-state index is 12.6. The van der Waals surface area contributed by atoms with Crippen LogP contribution in [0.2, 0.25) is 0 Å². The number of para-hydroxylation sites is 1. The van der Waals surface area contributed by atoms with Crippen LogP contribution in [0.1, 0.15) is 17.3 Å². The molecule has 2 aromatic heterocycles. The van der Waals surface area contributed by atoms with Crippen LogP contribution < -0.4 is 10.6 Å². The van der Waals surface area contributed by atoms with Crippen LogP contribution in [0.4, 0.5) is 0 Å². The highest BCUT2D eigenvalue weighted by Gasteiger charge is 2.19. The highest BCUT2D eigenvalue weighted by molar-refractivity contribution is 6.01. The van der Waals surface area contributed by atoms with Gasteiger partial charge in [-0.15, -0.1) is 0 Å². The summed E-state index contributed by atoms with van der Waals surface area (Å²) < 4.78 is 1.64. The van der Waals surface area contributed by atoms with Gasteiger partial charge in [0.1, 0.15) is 5.69 Å². The zero-order chi connectivity index (χ0) is 18.4. The second-order valence-corrected chi connectivity index (χ2v) is 5.55. The minimum absolute atomic E-state index is 0.0876. The summed E-state index contributed by atoms with van der Waals surface area (Å²) in [4.78, 5) is 28.3. The Morgan fingerprint density at radius 2 is 1.88 bits per heavy atom. The summed E-state index contributed by atoms with van der Waals surface area (Å²) >= 11 is 0. The first kappa shape index (κ1) is 17.3. The minimum atomic E-state index is -0.364. The fraction of sp³-hybridized carbons (Fsp3) is 0.158. The van der Waals surface area contributed by atoms with E-state index < -0.39 is 0 Å². The SMILES string of the molecule is CCNC(=O)CNC(=O)c1cn(-c2ccccc2)nc1-c1cccnc1.